The molecule has 0 unspecified atom stereocenters. The second kappa shape index (κ2) is 7.83. The van der Waals surface area contributed by atoms with Gasteiger partial charge in [-0.25, -0.2) is 9.48 Å². The van der Waals surface area contributed by atoms with Gasteiger partial charge in [-0.1, -0.05) is 30.6 Å². The number of anilines is 1. The summed E-state index contributed by atoms with van der Waals surface area (Å²) < 4.78 is 44.1. The molecule has 1 saturated carbocycles. The van der Waals surface area contributed by atoms with E-state index in [-0.39, 0.29) is 39.6 Å². The molecule has 1 fully saturated rings. The monoisotopic (exact) mass is 404 g/mol. The highest BCUT2D eigenvalue weighted by molar-refractivity contribution is 7.22. The van der Waals surface area contributed by atoms with Gasteiger partial charge in [0.15, 0.2) is 16.5 Å². The summed E-state index contributed by atoms with van der Waals surface area (Å²) in [4.78, 5) is 28.5. The molecule has 2 aromatic rings. The Morgan fingerprint density at radius 3 is 2.63 bits per heavy atom. The minimum absolute atomic E-state index is 0.0660. The third kappa shape index (κ3) is 4.57. The van der Waals surface area contributed by atoms with Crippen LogP contribution in [0.3, 0.4) is 0 Å². The van der Waals surface area contributed by atoms with Gasteiger partial charge in [-0.15, -0.1) is 0 Å². The summed E-state index contributed by atoms with van der Waals surface area (Å²) in [6.07, 6.45) is 0.0946. The molecule has 0 radical (unpaired) electrons. The Balaban J connectivity index is 1.90. The van der Waals surface area contributed by atoms with Crippen LogP contribution in [0.25, 0.3) is 10.3 Å². The first-order chi connectivity index (χ1) is 12.8. The van der Waals surface area contributed by atoms with Crippen molar-refractivity contribution in [2.45, 2.75) is 51.7 Å². The number of fused-ring (bicyclic) bond motifs is 1. The fraction of sp³-hybridized carbons (Fsp3) is 0.625. The molecule has 0 bridgehead atoms. The fourth-order valence-electron chi connectivity index (χ4n) is 3.09. The maximum Gasteiger partial charge on any atom is 0.408 e. The van der Waals surface area contributed by atoms with E-state index >= 15 is 0 Å². The summed E-state index contributed by atoms with van der Waals surface area (Å²) >= 11 is 0.923. The summed E-state index contributed by atoms with van der Waals surface area (Å²) in [6, 6.07) is 0. The third-order valence-corrected chi connectivity index (χ3v) is 5.26. The molecule has 0 atom stereocenters. The number of rotatable bonds is 5. The van der Waals surface area contributed by atoms with E-state index in [4.69, 9.17) is 4.74 Å². The molecule has 7 nitrogen and oxygen atoms in total. The van der Waals surface area contributed by atoms with Crippen LogP contribution in [0.4, 0.5) is 18.3 Å². The summed E-state index contributed by atoms with van der Waals surface area (Å²) in [6.45, 7) is 0.267. The largest absolute Gasteiger partial charge is 0.461 e. The van der Waals surface area contributed by atoms with E-state index in [0.717, 1.165) is 43.4 Å². The Labute approximate surface area is 156 Å². The number of hydrogen-bond donors (Lipinski definition) is 1. The second-order valence-corrected chi connectivity index (χ2v) is 7.34. The number of carbonyl (C=O) groups excluding carboxylic acids is 2. The molecule has 1 N–H and O–H groups in total. The van der Waals surface area contributed by atoms with E-state index in [1.54, 1.807) is 6.92 Å². The van der Waals surface area contributed by atoms with Crippen LogP contribution >= 0.6 is 11.3 Å². The van der Waals surface area contributed by atoms with Crippen molar-refractivity contribution < 1.29 is 27.5 Å². The molecule has 1 amide bonds. The standard InChI is InChI=1S/C16H19F3N4O3S/c1-2-26-14(25)10-11-12(23(22-10)8-16(17,18)19)20-15(27-11)21-13(24)9-6-4-3-5-7-9/h9H,2-8H2,1H3,(H,20,21,24). The van der Waals surface area contributed by atoms with Crippen molar-refractivity contribution in [3.63, 3.8) is 0 Å². The van der Waals surface area contributed by atoms with Crippen LogP contribution in [-0.4, -0.2) is 39.4 Å². The van der Waals surface area contributed by atoms with Gasteiger partial charge in [0.05, 0.1) is 6.61 Å². The molecule has 11 heteroatoms. The molecular weight excluding hydrogens is 385 g/mol. The predicted octanol–water partition coefficient (Wildman–Crippen LogP) is 3.75. The van der Waals surface area contributed by atoms with Crippen LogP contribution in [0.5, 0.6) is 0 Å². The number of halogens is 3. The summed E-state index contributed by atoms with van der Waals surface area (Å²) in [5, 5.41) is 6.54. The zero-order chi connectivity index (χ0) is 19.6. The molecule has 148 valence electrons. The molecule has 27 heavy (non-hydrogen) atoms. The van der Waals surface area contributed by atoms with Crippen LogP contribution in [0.15, 0.2) is 0 Å². The minimum Gasteiger partial charge on any atom is -0.461 e. The van der Waals surface area contributed by atoms with Gasteiger partial charge in [0.25, 0.3) is 0 Å². The Morgan fingerprint density at radius 2 is 2.00 bits per heavy atom. The van der Waals surface area contributed by atoms with Crippen molar-refractivity contribution in [3.05, 3.63) is 5.69 Å². The number of esters is 1. The topological polar surface area (TPSA) is 86.1 Å². The van der Waals surface area contributed by atoms with Crippen LogP contribution < -0.4 is 5.32 Å². The molecular formula is C16H19F3N4O3S. The highest BCUT2D eigenvalue weighted by atomic mass is 32.1. The van der Waals surface area contributed by atoms with Gasteiger partial charge in [0.1, 0.15) is 11.2 Å². The Bertz CT molecular complexity index is 840. The molecule has 1 aliphatic carbocycles. The van der Waals surface area contributed by atoms with E-state index in [9.17, 15) is 22.8 Å². The maximum atomic E-state index is 12.8. The number of nitrogens with one attached hydrogen (secondary N) is 1. The van der Waals surface area contributed by atoms with Gasteiger partial charge in [0, 0.05) is 5.92 Å². The van der Waals surface area contributed by atoms with Gasteiger partial charge in [0.2, 0.25) is 5.91 Å². The first-order valence-corrected chi connectivity index (χ1v) is 9.52. The van der Waals surface area contributed by atoms with Crippen molar-refractivity contribution in [1.82, 2.24) is 14.8 Å². The zero-order valence-corrected chi connectivity index (χ0v) is 15.5. The highest BCUT2D eigenvalue weighted by Crippen LogP contribution is 2.32. The SMILES string of the molecule is CCOC(=O)c1nn(CC(F)(F)F)c2nc(NC(=O)C3CCCCC3)sc12. The van der Waals surface area contributed by atoms with Crippen LogP contribution in [0.2, 0.25) is 0 Å². The van der Waals surface area contributed by atoms with E-state index in [0.29, 0.717) is 4.68 Å². The fourth-order valence-corrected chi connectivity index (χ4v) is 4.03. The van der Waals surface area contributed by atoms with Gasteiger partial charge in [-0.05, 0) is 19.8 Å². The van der Waals surface area contributed by atoms with Gasteiger partial charge in [-0.3, -0.25) is 4.79 Å². The number of aromatic nitrogens is 3. The molecule has 0 aliphatic heterocycles. The van der Waals surface area contributed by atoms with Crippen molar-refractivity contribution in [2.24, 2.45) is 5.92 Å². The summed E-state index contributed by atoms with van der Waals surface area (Å²) in [5.41, 5.74) is -0.328. The van der Waals surface area contributed by atoms with Gasteiger partial charge in [-0.2, -0.15) is 23.3 Å². The Hall–Kier alpha value is -2.17. The molecule has 0 aromatic carbocycles. The first-order valence-electron chi connectivity index (χ1n) is 8.70. The number of thiazole rings is 1. The smallest absolute Gasteiger partial charge is 0.408 e. The number of hydrogen-bond acceptors (Lipinski definition) is 6. The number of ether oxygens (including phenoxy) is 1. The minimum atomic E-state index is -4.53. The molecule has 2 heterocycles. The third-order valence-electron chi connectivity index (χ3n) is 4.29. The Morgan fingerprint density at radius 1 is 1.30 bits per heavy atom. The van der Waals surface area contributed by atoms with E-state index in [1.165, 1.54) is 0 Å². The highest BCUT2D eigenvalue weighted by Gasteiger charge is 2.32. The number of alkyl halides is 3. The van der Waals surface area contributed by atoms with Crippen molar-refractivity contribution in [2.75, 3.05) is 11.9 Å². The number of nitrogens with zero attached hydrogens (tertiary/aromatic N) is 3. The molecule has 2 aromatic heterocycles. The van der Waals surface area contributed by atoms with Gasteiger partial charge >= 0.3 is 12.1 Å². The number of amides is 1. The Kier molecular flexibility index (Phi) is 5.68. The molecule has 1 aliphatic rings. The van der Waals surface area contributed by atoms with Gasteiger partial charge < -0.3 is 10.1 Å². The van der Waals surface area contributed by atoms with Crippen LogP contribution in [0.1, 0.15) is 49.5 Å². The van der Waals surface area contributed by atoms with E-state index < -0.39 is 18.7 Å². The molecule has 0 spiro atoms. The second-order valence-electron chi connectivity index (χ2n) is 6.34. The van der Waals surface area contributed by atoms with Crippen LogP contribution in [-0.2, 0) is 16.1 Å². The summed E-state index contributed by atoms with van der Waals surface area (Å²) in [7, 11) is 0. The molecule has 3 rings (SSSR count). The lowest BCUT2D eigenvalue weighted by Crippen LogP contribution is -2.24. The normalized spacial score (nSPS) is 15.9. The lowest BCUT2D eigenvalue weighted by molar-refractivity contribution is -0.142. The quantitative estimate of drug-likeness (QED) is 0.767. The first kappa shape index (κ1) is 19.6. The van der Waals surface area contributed by atoms with Crippen LogP contribution in [0, 0.1) is 5.92 Å². The van der Waals surface area contributed by atoms with Crippen molar-refractivity contribution in [3.8, 4) is 0 Å². The lowest BCUT2D eigenvalue weighted by Gasteiger charge is -2.19. The van der Waals surface area contributed by atoms with Crippen molar-refractivity contribution >= 4 is 38.7 Å². The zero-order valence-electron chi connectivity index (χ0n) is 14.6. The van der Waals surface area contributed by atoms with Crippen molar-refractivity contribution in [1.29, 1.82) is 0 Å². The molecule has 0 saturated heterocycles. The predicted molar refractivity (Wildman–Crippen MR) is 92.6 cm³/mol. The van der Waals surface area contributed by atoms with E-state index in [2.05, 4.69) is 15.4 Å². The number of carbonyl (C=O) groups is 2. The van der Waals surface area contributed by atoms with E-state index in [1.807, 2.05) is 0 Å². The lowest BCUT2D eigenvalue weighted by atomic mass is 9.89. The maximum absolute atomic E-state index is 12.8. The average molecular weight is 404 g/mol. The summed E-state index contributed by atoms with van der Waals surface area (Å²) in [5.74, 6) is -1.14. The average Bonchev–Trinajstić information content (AvgIpc) is 3.14.